The minimum atomic E-state index is 0.279. The Morgan fingerprint density at radius 1 is 1.38 bits per heavy atom. The fourth-order valence-electron chi connectivity index (χ4n) is 2.54. The lowest BCUT2D eigenvalue weighted by molar-refractivity contribution is 0.335. The molecule has 1 aromatic carbocycles. The number of hydrogen-bond acceptors (Lipinski definition) is 0. The molecule has 1 fully saturated rings. The molecule has 3 heteroatoms. The highest BCUT2D eigenvalue weighted by Gasteiger charge is 2.34. The fraction of sp³-hybridized carbons (Fsp3) is 0.538. The summed E-state index contributed by atoms with van der Waals surface area (Å²) in [5.41, 5.74) is 1.42. The lowest BCUT2D eigenvalue weighted by Crippen LogP contribution is -2.16. The van der Waals surface area contributed by atoms with E-state index in [-0.39, 0.29) is 5.41 Å². The summed E-state index contributed by atoms with van der Waals surface area (Å²) in [6, 6.07) is 5.67. The highest BCUT2D eigenvalue weighted by Crippen LogP contribution is 2.43. The van der Waals surface area contributed by atoms with Crippen LogP contribution in [0, 0.1) is 5.41 Å². The lowest BCUT2D eigenvalue weighted by atomic mass is 9.82. The van der Waals surface area contributed by atoms with Gasteiger partial charge in [-0.3, -0.25) is 0 Å². The molecule has 0 heterocycles. The molecule has 0 N–H and O–H groups in total. The van der Waals surface area contributed by atoms with E-state index in [1.807, 2.05) is 18.2 Å². The zero-order chi connectivity index (χ0) is 11.8. The minimum absolute atomic E-state index is 0.279. The van der Waals surface area contributed by atoms with E-state index in [1.54, 1.807) is 0 Å². The van der Waals surface area contributed by atoms with E-state index >= 15 is 0 Å². The normalized spacial score (nSPS) is 29.6. The first-order valence-corrected chi connectivity index (χ1v) is 6.76. The summed E-state index contributed by atoms with van der Waals surface area (Å²) in [6.45, 7) is 2.28. The second kappa shape index (κ2) is 4.76. The SMILES string of the molecule is CC1(Cc2cc(Cl)ccc2Cl)CCC(Cl)C1. The maximum Gasteiger partial charge on any atom is 0.0439 e. The van der Waals surface area contributed by atoms with Gasteiger partial charge in [-0.15, -0.1) is 11.6 Å². The Kier molecular flexibility index (Phi) is 3.73. The Balaban J connectivity index is 2.17. The van der Waals surface area contributed by atoms with Crippen molar-refractivity contribution in [3.05, 3.63) is 33.8 Å². The van der Waals surface area contributed by atoms with E-state index in [0.29, 0.717) is 5.38 Å². The molecule has 1 aromatic rings. The summed E-state index contributed by atoms with van der Waals surface area (Å²) in [4.78, 5) is 0. The van der Waals surface area contributed by atoms with Gasteiger partial charge in [0.2, 0.25) is 0 Å². The van der Waals surface area contributed by atoms with Crippen LogP contribution in [0.3, 0.4) is 0 Å². The highest BCUT2D eigenvalue weighted by atomic mass is 35.5. The maximum absolute atomic E-state index is 6.18. The molecule has 1 saturated carbocycles. The number of alkyl halides is 1. The van der Waals surface area contributed by atoms with Gasteiger partial charge < -0.3 is 0 Å². The van der Waals surface area contributed by atoms with Crippen LogP contribution in [-0.2, 0) is 6.42 Å². The van der Waals surface area contributed by atoms with Crippen LogP contribution in [0.4, 0.5) is 0 Å². The summed E-state index contributed by atoms with van der Waals surface area (Å²) in [6.07, 6.45) is 4.31. The Labute approximate surface area is 112 Å². The van der Waals surface area contributed by atoms with Crippen molar-refractivity contribution in [1.29, 1.82) is 0 Å². The quantitative estimate of drug-likeness (QED) is 0.641. The van der Waals surface area contributed by atoms with Crippen molar-refractivity contribution in [2.45, 2.75) is 38.0 Å². The summed E-state index contributed by atoms with van der Waals surface area (Å²) < 4.78 is 0. The molecule has 2 unspecified atom stereocenters. The van der Waals surface area contributed by atoms with Gasteiger partial charge in [0.1, 0.15) is 0 Å². The molecule has 1 aliphatic rings. The van der Waals surface area contributed by atoms with Crippen LogP contribution in [0.2, 0.25) is 10.0 Å². The number of rotatable bonds is 2. The third-order valence-corrected chi connectivity index (χ3v) is 4.38. The van der Waals surface area contributed by atoms with Gasteiger partial charge in [-0.2, -0.15) is 0 Å². The molecule has 0 amide bonds. The van der Waals surface area contributed by atoms with Crippen LogP contribution in [-0.4, -0.2) is 5.38 Å². The van der Waals surface area contributed by atoms with Gasteiger partial charge in [0, 0.05) is 15.4 Å². The van der Waals surface area contributed by atoms with Crippen molar-refractivity contribution in [1.82, 2.24) is 0 Å². The molecule has 2 atom stereocenters. The summed E-state index contributed by atoms with van der Waals surface area (Å²) in [5, 5.41) is 1.88. The Morgan fingerprint density at radius 2 is 2.12 bits per heavy atom. The maximum atomic E-state index is 6.18. The molecule has 0 spiro atoms. The van der Waals surface area contributed by atoms with Crippen molar-refractivity contribution in [2.24, 2.45) is 5.41 Å². The molecule has 0 bridgehead atoms. The second-order valence-electron chi connectivity index (χ2n) is 5.06. The van der Waals surface area contributed by atoms with E-state index in [2.05, 4.69) is 6.92 Å². The Morgan fingerprint density at radius 3 is 2.75 bits per heavy atom. The van der Waals surface area contributed by atoms with Crippen LogP contribution >= 0.6 is 34.8 Å². The molecule has 0 aliphatic heterocycles. The number of hydrogen-bond donors (Lipinski definition) is 0. The zero-order valence-corrected chi connectivity index (χ0v) is 11.5. The Bertz CT molecular complexity index is 389. The first kappa shape index (κ1) is 12.5. The average molecular weight is 278 g/mol. The molecule has 1 aliphatic carbocycles. The molecule has 2 rings (SSSR count). The van der Waals surface area contributed by atoms with E-state index in [0.717, 1.165) is 34.9 Å². The van der Waals surface area contributed by atoms with Crippen LogP contribution in [0.1, 0.15) is 31.7 Å². The average Bonchev–Trinajstić information content (AvgIpc) is 2.52. The predicted octanol–water partition coefficient (Wildman–Crippen LogP) is 5.33. The van der Waals surface area contributed by atoms with Crippen LogP contribution < -0.4 is 0 Å². The van der Waals surface area contributed by atoms with Crippen LogP contribution in [0.25, 0.3) is 0 Å². The van der Waals surface area contributed by atoms with Crippen LogP contribution in [0.15, 0.2) is 18.2 Å². The molecule has 0 saturated heterocycles. The summed E-state index contributed by atoms with van der Waals surface area (Å²) >= 11 is 18.3. The summed E-state index contributed by atoms with van der Waals surface area (Å²) in [7, 11) is 0. The summed E-state index contributed by atoms with van der Waals surface area (Å²) in [5.74, 6) is 0. The third kappa shape index (κ3) is 2.85. The second-order valence-corrected chi connectivity index (χ2v) is 6.52. The fourth-order valence-corrected chi connectivity index (χ4v) is 3.40. The third-order valence-electron chi connectivity index (χ3n) is 3.40. The van der Waals surface area contributed by atoms with E-state index in [1.165, 1.54) is 6.42 Å². The molecule has 0 aromatic heterocycles. The molecule has 16 heavy (non-hydrogen) atoms. The van der Waals surface area contributed by atoms with Crippen molar-refractivity contribution < 1.29 is 0 Å². The van der Waals surface area contributed by atoms with Crippen molar-refractivity contribution in [3.63, 3.8) is 0 Å². The van der Waals surface area contributed by atoms with Gasteiger partial charge >= 0.3 is 0 Å². The van der Waals surface area contributed by atoms with E-state index in [4.69, 9.17) is 34.8 Å². The predicted molar refractivity (Wildman–Crippen MR) is 71.8 cm³/mol. The van der Waals surface area contributed by atoms with Gasteiger partial charge in [-0.05, 0) is 54.9 Å². The zero-order valence-electron chi connectivity index (χ0n) is 9.27. The minimum Gasteiger partial charge on any atom is -0.123 e. The lowest BCUT2D eigenvalue weighted by Gasteiger charge is -2.24. The van der Waals surface area contributed by atoms with Crippen molar-refractivity contribution in [3.8, 4) is 0 Å². The van der Waals surface area contributed by atoms with Gasteiger partial charge in [0.25, 0.3) is 0 Å². The highest BCUT2D eigenvalue weighted by molar-refractivity contribution is 6.33. The van der Waals surface area contributed by atoms with Gasteiger partial charge in [0.05, 0.1) is 0 Å². The Hall–Kier alpha value is 0.0900. The van der Waals surface area contributed by atoms with Crippen LogP contribution in [0.5, 0.6) is 0 Å². The topological polar surface area (TPSA) is 0 Å². The van der Waals surface area contributed by atoms with Gasteiger partial charge in [0.15, 0.2) is 0 Å². The first-order chi connectivity index (χ1) is 7.48. The van der Waals surface area contributed by atoms with E-state index < -0.39 is 0 Å². The smallest absolute Gasteiger partial charge is 0.0439 e. The molecule has 0 nitrogen and oxygen atoms in total. The molecule has 0 radical (unpaired) electrons. The number of halogens is 3. The first-order valence-electron chi connectivity index (χ1n) is 5.56. The standard InChI is InChI=1S/C13H15Cl3/c1-13(5-4-11(15)8-13)7-9-6-10(14)2-3-12(9)16/h2-3,6,11H,4-5,7-8H2,1H3. The van der Waals surface area contributed by atoms with Gasteiger partial charge in [-0.25, -0.2) is 0 Å². The van der Waals surface area contributed by atoms with Gasteiger partial charge in [-0.1, -0.05) is 30.1 Å². The monoisotopic (exact) mass is 276 g/mol. The molecular weight excluding hydrogens is 263 g/mol. The number of benzene rings is 1. The molecule has 88 valence electrons. The van der Waals surface area contributed by atoms with E-state index in [9.17, 15) is 0 Å². The van der Waals surface area contributed by atoms with Crippen molar-refractivity contribution >= 4 is 34.8 Å². The molecular formula is C13H15Cl3. The largest absolute Gasteiger partial charge is 0.123 e. The van der Waals surface area contributed by atoms with Crippen molar-refractivity contribution in [2.75, 3.05) is 0 Å².